The second kappa shape index (κ2) is 8.52. The van der Waals surface area contributed by atoms with E-state index in [-0.39, 0.29) is 18.2 Å². The van der Waals surface area contributed by atoms with Gasteiger partial charge in [0.2, 0.25) is 0 Å². The van der Waals surface area contributed by atoms with Crippen molar-refractivity contribution in [3.63, 3.8) is 0 Å². The lowest BCUT2D eigenvalue weighted by Crippen LogP contribution is -2.32. The molecule has 0 saturated carbocycles. The highest BCUT2D eigenvalue weighted by atomic mass is 16.6. The Labute approximate surface area is 139 Å². The number of nitro benzene ring substituents is 1. The van der Waals surface area contributed by atoms with E-state index in [1.54, 1.807) is 30.3 Å². The van der Waals surface area contributed by atoms with Crippen LogP contribution in [0.3, 0.4) is 0 Å². The van der Waals surface area contributed by atoms with Crippen molar-refractivity contribution >= 4 is 17.3 Å². The number of nitro groups is 1. The fourth-order valence-electron chi connectivity index (χ4n) is 2.02. The molecule has 0 atom stereocenters. The van der Waals surface area contributed by atoms with E-state index in [1.165, 1.54) is 6.07 Å². The highest BCUT2D eigenvalue weighted by Gasteiger charge is 2.11. The second-order valence-electron chi connectivity index (χ2n) is 5.15. The van der Waals surface area contributed by atoms with Gasteiger partial charge in [-0.05, 0) is 25.1 Å². The number of nitrogens with one attached hydrogen (secondary N) is 2. The average Bonchev–Trinajstić information content (AvgIpc) is 2.58. The molecule has 0 aliphatic heterocycles. The third-order valence-electron chi connectivity index (χ3n) is 3.25. The van der Waals surface area contributed by atoms with Gasteiger partial charge in [0.05, 0.1) is 4.92 Å². The number of anilines is 1. The summed E-state index contributed by atoms with van der Waals surface area (Å²) in [6, 6.07) is 13.8. The van der Waals surface area contributed by atoms with Gasteiger partial charge in [-0.2, -0.15) is 0 Å². The average molecular weight is 329 g/mol. The first-order valence-electron chi connectivity index (χ1n) is 7.50. The fourth-order valence-corrected chi connectivity index (χ4v) is 2.02. The first-order chi connectivity index (χ1) is 11.6. The molecule has 0 aliphatic carbocycles. The number of benzene rings is 2. The van der Waals surface area contributed by atoms with Crippen LogP contribution in [0.15, 0.2) is 48.5 Å². The Kier molecular flexibility index (Phi) is 6.13. The van der Waals surface area contributed by atoms with E-state index in [9.17, 15) is 14.9 Å². The zero-order valence-electron chi connectivity index (χ0n) is 13.3. The summed E-state index contributed by atoms with van der Waals surface area (Å²) >= 11 is 0. The molecule has 7 nitrogen and oxygen atoms in total. The molecule has 1 amide bonds. The van der Waals surface area contributed by atoms with Crippen molar-refractivity contribution < 1.29 is 14.5 Å². The van der Waals surface area contributed by atoms with Crippen LogP contribution in [0.5, 0.6) is 5.75 Å². The van der Waals surface area contributed by atoms with Crippen molar-refractivity contribution in [2.24, 2.45) is 0 Å². The molecule has 0 bridgehead atoms. The van der Waals surface area contributed by atoms with Gasteiger partial charge < -0.3 is 15.4 Å². The number of amides is 1. The van der Waals surface area contributed by atoms with Crippen molar-refractivity contribution in [2.45, 2.75) is 6.92 Å². The van der Waals surface area contributed by atoms with Gasteiger partial charge in [0, 0.05) is 19.2 Å². The Hall–Kier alpha value is -3.09. The maximum absolute atomic E-state index is 11.7. The zero-order chi connectivity index (χ0) is 17.4. The lowest BCUT2D eigenvalue weighted by Gasteiger charge is -2.09. The predicted molar refractivity (Wildman–Crippen MR) is 91.3 cm³/mol. The molecular formula is C17H19N3O4. The van der Waals surface area contributed by atoms with E-state index in [4.69, 9.17) is 4.74 Å². The number of para-hydroxylation sites is 2. The fraction of sp³-hybridized carbons (Fsp3) is 0.235. The minimum absolute atomic E-state index is 0.00605. The van der Waals surface area contributed by atoms with Gasteiger partial charge in [0.15, 0.2) is 6.61 Å². The first kappa shape index (κ1) is 17.3. The summed E-state index contributed by atoms with van der Waals surface area (Å²) in [5, 5.41) is 16.5. The molecule has 2 aromatic carbocycles. The second-order valence-corrected chi connectivity index (χ2v) is 5.15. The molecule has 24 heavy (non-hydrogen) atoms. The van der Waals surface area contributed by atoms with Crippen molar-refractivity contribution in [1.29, 1.82) is 0 Å². The van der Waals surface area contributed by atoms with Crippen LogP contribution in [0.4, 0.5) is 11.4 Å². The van der Waals surface area contributed by atoms with Gasteiger partial charge >= 0.3 is 0 Å². The topological polar surface area (TPSA) is 93.5 Å². The summed E-state index contributed by atoms with van der Waals surface area (Å²) in [7, 11) is 0. The molecule has 0 spiro atoms. The van der Waals surface area contributed by atoms with E-state index in [0.717, 1.165) is 5.56 Å². The predicted octanol–water partition coefficient (Wildman–Crippen LogP) is 2.51. The smallest absolute Gasteiger partial charge is 0.292 e. The van der Waals surface area contributed by atoms with Crippen LogP contribution in [0.25, 0.3) is 0 Å². The van der Waals surface area contributed by atoms with Crippen molar-refractivity contribution in [2.75, 3.05) is 25.0 Å². The summed E-state index contributed by atoms with van der Waals surface area (Å²) in [6.45, 7) is 2.61. The number of ether oxygens (including phenoxy) is 1. The number of hydrogen-bond donors (Lipinski definition) is 2. The van der Waals surface area contributed by atoms with Crippen molar-refractivity contribution in [3.05, 3.63) is 64.2 Å². The van der Waals surface area contributed by atoms with Gasteiger partial charge in [-0.3, -0.25) is 14.9 Å². The third kappa shape index (κ3) is 5.28. The normalized spacial score (nSPS) is 10.0. The van der Waals surface area contributed by atoms with Gasteiger partial charge in [0.25, 0.3) is 11.6 Å². The molecule has 0 fully saturated rings. The van der Waals surface area contributed by atoms with E-state index >= 15 is 0 Å². The highest BCUT2D eigenvalue weighted by Crippen LogP contribution is 2.22. The van der Waals surface area contributed by atoms with Gasteiger partial charge in [0.1, 0.15) is 11.4 Å². The van der Waals surface area contributed by atoms with Crippen LogP contribution in [0, 0.1) is 17.0 Å². The molecule has 2 N–H and O–H groups in total. The molecule has 0 aromatic heterocycles. The lowest BCUT2D eigenvalue weighted by molar-refractivity contribution is -0.384. The minimum atomic E-state index is -0.448. The Morgan fingerprint density at radius 1 is 1.12 bits per heavy atom. The maximum Gasteiger partial charge on any atom is 0.292 e. The van der Waals surface area contributed by atoms with Gasteiger partial charge in [-0.1, -0.05) is 29.8 Å². The van der Waals surface area contributed by atoms with E-state index in [2.05, 4.69) is 10.6 Å². The van der Waals surface area contributed by atoms with Crippen LogP contribution in [0.1, 0.15) is 5.56 Å². The van der Waals surface area contributed by atoms with Gasteiger partial charge in [-0.25, -0.2) is 0 Å². The van der Waals surface area contributed by atoms with E-state index in [1.807, 2.05) is 19.1 Å². The Morgan fingerprint density at radius 3 is 2.54 bits per heavy atom. The first-order valence-corrected chi connectivity index (χ1v) is 7.50. The van der Waals surface area contributed by atoms with E-state index in [0.29, 0.717) is 24.5 Å². The van der Waals surface area contributed by atoms with Crippen LogP contribution in [-0.4, -0.2) is 30.5 Å². The molecule has 2 rings (SSSR count). The third-order valence-corrected chi connectivity index (χ3v) is 3.25. The molecule has 0 aliphatic rings. The van der Waals surface area contributed by atoms with Crippen LogP contribution in [0.2, 0.25) is 0 Å². The molecular weight excluding hydrogens is 310 g/mol. The van der Waals surface area contributed by atoms with Crippen molar-refractivity contribution in [3.8, 4) is 5.75 Å². The summed E-state index contributed by atoms with van der Waals surface area (Å²) in [5.74, 6) is 0.383. The molecule has 2 aromatic rings. The van der Waals surface area contributed by atoms with Crippen LogP contribution < -0.4 is 15.4 Å². The molecule has 0 unspecified atom stereocenters. The zero-order valence-corrected chi connectivity index (χ0v) is 13.3. The monoisotopic (exact) mass is 329 g/mol. The Balaban J connectivity index is 1.69. The Bertz CT molecular complexity index is 701. The summed E-state index contributed by atoms with van der Waals surface area (Å²) in [6.07, 6.45) is 0. The molecule has 126 valence electrons. The summed E-state index contributed by atoms with van der Waals surface area (Å²) < 4.78 is 5.37. The molecule has 0 heterocycles. The summed E-state index contributed by atoms with van der Waals surface area (Å²) in [4.78, 5) is 22.1. The van der Waals surface area contributed by atoms with Crippen LogP contribution in [-0.2, 0) is 4.79 Å². The SMILES string of the molecule is Cc1ccc(OCC(=O)NCCNc2ccccc2[N+](=O)[O-])cc1. The molecule has 7 heteroatoms. The molecule has 0 saturated heterocycles. The largest absolute Gasteiger partial charge is 0.484 e. The van der Waals surface area contributed by atoms with Crippen molar-refractivity contribution in [1.82, 2.24) is 5.32 Å². The number of hydrogen-bond acceptors (Lipinski definition) is 5. The number of nitrogens with zero attached hydrogens (tertiary/aromatic N) is 1. The lowest BCUT2D eigenvalue weighted by atomic mass is 10.2. The highest BCUT2D eigenvalue weighted by molar-refractivity contribution is 5.77. The molecule has 0 radical (unpaired) electrons. The minimum Gasteiger partial charge on any atom is -0.484 e. The quantitative estimate of drug-likeness (QED) is 0.441. The number of carbonyl (C=O) groups is 1. The number of aryl methyl sites for hydroxylation is 1. The summed E-state index contributed by atoms with van der Waals surface area (Å²) in [5.41, 5.74) is 1.55. The number of carbonyl (C=O) groups excluding carboxylic acids is 1. The Morgan fingerprint density at radius 2 is 1.83 bits per heavy atom. The number of rotatable bonds is 8. The standard InChI is InChI=1S/C17H19N3O4/c1-13-6-8-14(9-7-13)24-12-17(21)19-11-10-18-15-4-2-3-5-16(15)20(22)23/h2-9,18H,10-12H2,1H3,(H,19,21). The van der Waals surface area contributed by atoms with Crippen LogP contribution >= 0.6 is 0 Å². The van der Waals surface area contributed by atoms with Gasteiger partial charge in [-0.15, -0.1) is 0 Å². The van der Waals surface area contributed by atoms with E-state index < -0.39 is 4.92 Å². The maximum atomic E-state index is 11.7.